The predicted molar refractivity (Wildman–Crippen MR) is 120 cm³/mol. The first-order valence-corrected chi connectivity index (χ1v) is 11.0. The van der Waals surface area contributed by atoms with Gasteiger partial charge in [0.05, 0.1) is 0 Å². The number of nitrogens with one attached hydrogen (secondary N) is 2. The van der Waals surface area contributed by atoms with Crippen molar-refractivity contribution < 1.29 is 19.2 Å². The number of carbonyl (C=O) groups is 2. The number of rotatable bonds is 7. The third kappa shape index (κ3) is 5.60. The normalized spacial score (nSPS) is 21.0. The van der Waals surface area contributed by atoms with Crippen LogP contribution in [0.15, 0.2) is 54.6 Å². The lowest BCUT2D eigenvalue weighted by Gasteiger charge is -2.31. The third-order valence-electron chi connectivity index (χ3n) is 6.38. The van der Waals surface area contributed by atoms with Crippen LogP contribution in [0.2, 0.25) is 0 Å². The Balaban J connectivity index is 1.17. The van der Waals surface area contributed by atoms with Crippen molar-refractivity contribution in [2.75, 3.05) is 19.6 Å². The summed E-state index contributed by atoms with van der Waals surface area (Å²) in [5.41, 5.74) is 3.95. The number of hydrogen-bond acceptors (Lipinski definition) is 4. The fourth-order valence-electron chi connectivity index (χ4n) is 4.26. The Morgan fingerprint density at radius 1 is 1.06 bits per heavy atom. The molecule has 0 aromatic heterocycles. The molecular weight excluding hydrogens is 409 g/mol. The maximum Gasteiger partial charge on any atom is 0.274 e. The molecule has 1 saturated heterocycles. The Kier molecular flexibility index (Phi) is 6.97. The van der Waals surface area contributed by atoms with E-state index in [2.05, 4.69) is 5.32 Å². The number of carbonyl (C=O) groups excluding carboxylic acids is 2. The molecule has 0 spiro atoms. The highest BCUT2D eigenvalue weighted by Crippen LogP contribution is 2.41. The first-order chi connectivity index (χ1) is 15.5. The van der Waals surface area contributed by atoms with Crippen LogP contribution in [0.3, 0.4) is 0 Å². The highest BCUT2D eigenvalue weighted by atomic mass is 19.1. The zero-order valence-corrected chi connectivity index (χ0v) is 17.8. The quantitative estimate of drug-likeness (QED) is 0.353. The number of benzene rings is 2. The second-order valence-electron chi connectivity index (χ2n) is 8.57. The smallest absolute Gasteiger partial charge is 0.274 e. The molecule has 1 aliphatic carbocycles. The number of hydrogen-bond donors (Lipinski definition) is 3. The topological polar surface area (TPSA) is 81.7 Å². The highest BCUT2D eigenvalue weighted by Gasteiger charge is 2.38. The molecule has 4 rings (SSSR count). The van der Waals surface area contributed by atoms with Crippen LogP contribution >= 0.6 is 0 Å². The zero-order valence-electron chi connectivity index (χ0n) is 17.8. The summed E-state index contributed by atoms with van der Waals surface area (Å²) in [6, 6.07) is 13.9. The van der Waals surface area contributed by atoms with Crippen molar-refractivity contribution in [2.45, 2.75) is 31.2 Å². The van der Waals surface area contributed by atoms with Crippen LogP contribution in [-0.2, 0) is 4.79 Å². The summed E-state index contributed by atoms with van der Waals surface area (Å²) in [5, 5.41) is 12.3. The van der Waals surface area contributed by atoms with E-state index >= 15 is 0 Å². The molecule has 2 aliphatic rings. The van der Waals surface area contributed by atoms with Gasteiger partial charge in [-0.2, -0.15) is 0 Å². The Bertz CT molecular complexity index is 967. The number of halogens is 1. The van der Waals surface area contributed by atoms with E-state index < -0.39 is 5.91 Å². The number of amides is 2. The lowest BCUT2D eigenvalue weighted by atomic mass is 9.96. The SMILES string of the molecule is O=C(NO)c1ccc(/C=C/C(=O)N2CCC(CNC3C[C@@H]3c3ccc(F)cc3)CC2)cc1. The van der Waals surface area contributed by atoms with E-state index in [4.69, 9.17) is 5.21 Å². The van der Waals surface area contributed by atoms with Gasteiger partial charge in [-0.05, 0) is 73.2 Å². The van der Waals surface area contributed by atoms with E-state index in [1.807, 2.05) is 17.0 Å². The average molecular weight is 438 g/mol. The van der Waals surface area contributed by atoms with Crippen molar-refractivity contribution in [2.24, 2.45) is 5.92 Å². The zero-order chi connectivity index (χ0) is 22.5. The fourth-order valence-corrected chi connectivity index (χ4v) is 4.26. The first-order valence-electron chi connectivity index (χ1n) is 11.0. The molecule has 2 amide bonds. The molecule has 2 aromatic carbocycles. The molecule has 1 unspecified atom stereocenters. The van der Waals surface area contributed by atoms with E-state index in [9.17, 15) is 14.0 Å². The number of nitrogens with zero attached hydrogens (tertiary/aromatic N) is 1. The van der Waals surface area contributed by atoms with Crippen molar-refractivity contribution in [1.82, 2.24) is 15.7 Å². The van der Waals surface area contributed by atoms with Crippen LogP contribution in [0.4, 0.5) is 4.39 Å². The number of hydroxylamine groups is 1. The summed E-state index contributed by atoms with van der Waals surface area (Å²) in [6.45, 7) is 2.45. The van der Waals surface area contributed by atoms with Gasteiger partial charge in [-0.3, -0.25) is 14.8 Å². The minimum absolute atomic E-state index is 0.00727. The predicted octanol–water partition coefficient (Wildman–Crippen LogP) is 3.34. The standard InChI is InChI=1S/C25H28FN3O3/c26-21-8-6-19(7-9-21)22-15-23(22)27-16-18-11-13-29(14-12-18)24(30)10-3-17-1-4-20(5-2-17)25(31)28-32/h1-10,18,22-23,27,32H,11-16H2,(H,28,31)/b10-3+/t22-,23?/m1/s1. The minimum Gasteiger partial charge on any atom is -0.339 e. The Morgan fingerprint density at radius 3 is 2.41 bits per heavy atom. The van der Waals surface area contributed by atoms with Gasteiger partial charge >= 0.3 is 0 Å². The van der Waals surface area contributed by atoms with Crippen molar-refractivity contribution >= 4 is 17.9 Å². The van der Waals surface area contributed by atoms with Gasteiger partial charge in [-0.1, -0.05) is 24.3 Å². The van der Waals surface area contributed by atoms with E-state index in [1.165, 1.54) is 17.7 Å². The molecule has 3 N–H and O–H groups in total. The molecule has 2 aromatic rings. The largest absolute Gasteiger partial charge is 0.339 e. The molecule has 2 atom stereocenters. The maximum atomic E-state index is 13.1. The number of likely N-dealkylation sites (tertiary alicyclic amines) is 1. The Hall–Kier alpha value is -3.03. The monoisotopic (exact) mass is 437 g/mol. The summed E-state index contributed by atoms with van der Waals surface area (Å²) in [6.07, 6.45) is 6.35. The molecule has 7 heteroatoms. The maximum absolute atomic E-state index is 13.1. The summed E-state index contributed by atoms with van der Waals surface area (Å²) >= 11 is 0. The average Bonchev–Trinajstić information content (AvgIpc) is 3.61. The molecule has 0 radical (unpaired) electrons. The molecule has 0 bridgehead atoms. The van der Waals surface area contributed by atoms with Crippen LogP contribution in [0.5, 0.6) is 0 Å². The van der Waals surface area contributed by atoms with Crippen molar-refractivity contribution in [3.63, 3.8) is 0 Å². The van der Waals surface area contributed by atoms with Gasteiger partial charge in [0.1, 0.15) is 5.82 Å². The van der Waals surface area contributed by atoms with Crippen molar-refractivity contribution in [1.29, 1.82) is 0 Å². The third-order valence-corrected chi connectivity index (χ3v) is 6.38. The Labute approximate surface area is 187 Å². The van der Waals surface area contributed by atoms with E-state index in [0.29, 0.717) is 23.4 Å². The molecule has 6 nitrogen and oxygen atoms in total. The van der Waals surface area contributed by atoms with Gasteiger partial charge in [0.25, 0.3) is 5.91 Å². The summed E-state index contributed by atoms with van der Waals surface area (Å²) in [5.74, 6) is 0.269. The van der Waals surface area contributed by atoms with Gasteiger partial charge < -0.3 is 10.2 Å². The van der Waals surface area contributed by atoms with E-state index in [0.717, 1.165) is 44.5 Å². The van der Waals surface area contributed by atoms with Crippen LogP contribution in [-0.4, -0.2) is 47.6 Å². The summed E-state index contributed by atoms with van der Waals surface area (Å²) in [4.78, 5) is 25.7. The fraction of sp³-hybridized carbons (Fsp3) is 0.360. The highest BCUT2D eigenvalue weighted by molar-refractivity contribution is 5.94. The van der Waals surface area contributed by atoms with Crippen molar-refractivity contribution in [3.05, 3.63) is 77.1 Å². The van der Waals surface area contributed by atoms with Gasteiger partial charge in [0.2, 0.25) is 5.91 Å². The minimum atomic E-state index is -0.568. The van der Waals surface area contributed by atoms with Crippen LogP contribution in [0.25, 0.3) is 6.08 Å². The molecule has 168 valence electrons. The van der Waals surface area contributed by atoms with Crippen LogP contribution < -0.4 is 10.8 Å². The molecule has 1 heterocycles. The van der Waals surface area contributed by atoms with Gasteiger partial charge in [-0.25, -0.2) is 9.87 Å². The lowest BCUT2D eigenvalue weighted by molar-refractivity contribution is -0.127. The number of piperidine rings is 1. The summed E-state index contributed by atoms with van der Waals surface area (Å²) in [7, 11) is 0. The molecule has 32 heavy (non-hydrogen) atoms. The molecule has 1 saturated carbocycles. The van der Waals surface area contributed by atoms with Crippen LogP contribution in [0.1, 0.15) is 46.7 Å². The van der Waals surface area contributed by atoms with Gasteiger partial charge in [0, 0.05) is 36.7 Å². The second-order valence-corrected chi connectivity index (χ2v) is 8.57. The second kappa shape index (κ2) is 10.1. The molecule has 2 fully saturated rings. The van der Waals surface area contributed by atoms with Gasteiger partial charge in [0.15, 0.2) is 0 Å². The van der Waals surface area contributed by atoms with Crippen LogP contribution in [0, 0.1) is 11.7 Å². The van der Waals surface area contributed by atoms with E-state index in [-0.39, 0.29) is 11.7 Å². The van der Waals surface area contributed by atoms with E-state index in [1.54, 1.807) is 41.9 Å². The molecular formula is C25H28FN3O3. The lowest BCUT2D eigenvalue weighted by Crippen LogP contribution is -2.40. The summed E-state index contributed by atoms with van der Waals surface area (Å²) < 4.78 is 13.1. The van der Waals surface area contributed by atoms with Gasteiger partial charge in [-0.15, -0.1) is 0 Å². The van der Waals surface area contributed by atoms with Crippen molar-refractivity contribution in [3.8, 4) is 0 Å². The Morgan fingerprint density at radius 2 is 1.75 bits per heavy atom. The molecule has 1 aliphatic heterocycles. The first kappa shape index (κ1) is 22.2.